The summed E-state index contributed by atoms with van der Waals surface area (Å²) in [5.74, 6) is 0. The highest BCUT2D eigenvalue weighted by Crippen LogP contribution is 2.20. The predicted molar refractivity (Wildman–Crippen MR) is 60.7 cm³/mol. The second kappa shape index (κ2) is 5.38. The summed E-state index contributed by atoms with van der Waals surface area (Å²) < 4.78 is 0. The molecule has 3 heteroatoms. The molecule has 0 fully saturated rings. The third-order valence-electron chi connectivity index (χ3n) is 2.45. The van der Waals surface area contributed by atoms with Gasteiger partial charge in [0.1, 0.15) is 6.07 Å². The quantitative estimate of drug-likeness (QED) is 0.789. The molecule has 0 aromatic heterocycles. The van der Waals surface area contributed by atoms with E-state index < -0.39 is 0 Å². The maximum Gasteiger partial charge on any atom is 0.101 e. The van der Waals surface area contributed by atoms with E-state index in [1.807, 2.05) is 26.0 Å². The van der Waals surface area contributed by atoms with Gasteiger partial charge in [-0.2, -0.15) is 5.26 Å². The van der Waals surface area contributed by atoms with Crippen LogP contribution < -0.4 is 5.32 Å². The van der Waals surface area contributed by atoms with Gasteiger partial charge in [0.05, 0.1) is 17.9 Å². The van der Waals surface area contributed by atoms with Crippen LogP contribution in [0.2, 0.25) is 0 Å². The number of hydrogen-bond donors (Lipinski definition) is 2. The first-order valence-electron chi connectivity index (χ1n) is 5.10. The zero-order valence-electron chi connectivity index (χ0n) is 9.12. The summed E-state index contributed by atoms with van der Waals surface area (Å²) in [6.45, 7) is 4.03. The molecule has 1 rings (SSSR count). The lowest BCUT2D eigenvalue weighted by Gasteiger charge is -2.18. The maximum absolute atomic E-state index is 9.10. The van der Waals surface area contributed by atoms with Gasteiger partial charge in [-0.3, -0.25) is 0 Å². The van der Waals surface area contributed by atoms with Crippen LogP contribution in [0.4, 0.5) is 5.69 Å². The molecule has 1 aromatic carbocycles. The van der Waals surface area contributed by atoms with E-state index in [9.17, 15) is 0 Å². The Kier molecular flexibility index (Phi) is 4.14. The number of aliphatic hydroxyl groups excluding tert-OH is 1. The maximum atomic E-state index is 9.10. The molecule has 0 spiro atoms. The summed E-state index contributed by atoms with van der Waals surface area (Å²) in [4.78, 5) is 0. The van der Waals surface area contributed by atoms with Crippen LogP contribution in [0.1, 0.15) is 24.5 Å². The van der Waals surface area contributed by atoms with Crippen molar-refractivity contribution < 1.29 is 5.11 Å². The van der Waals surface area contributed by atoms with E-state index in [0.717, 1.165) is 17.7 Å². The Morgan fingerprint density at radius 2 is 2.27 bits per heavy atom. The van der Waals surface area contributed by atoms with Crippen molar-refractivity contribution in [2.75, 3.05) is 11.9 Å². The highest BCUT2D eigenvalue weighted by atomic mass is 16.3. The molecular weight excluding hydrogens is 188 g/mol. The Labute approximate surface area is 90.4 Å². The lowest BCUT2D eigenvalue weighted by Crippen LogP contribution is -2.23. The van der Waals surface area contributed by atoms with E-state index in [-0.39, 0.29) is 12.6 Å². The molecule has 0 aliphatic rings. The summed E-state index contributed by atoms with van der Waals surface area (Å²) in [5.41, 5.74) is 2.49. The minimum absolute atomic E-state index is 0.0122. The molecule has 0 bridgehead atoms. The van der Waals surface area contributed by atoms with Crippen LogP contribution in [0.15, 0.2) is 18.2 Å². The van der Waals surface area contributed by atoms with E-state index in [1.165, 1.54) is 0 Å². The van der Waals surface area contributed by atoms with Crippen molar-refractivity contribution in [1.29, 1.82) is 5.26 Å². The van der Waals surface area contributed by atoms with Crippen molar-refractivity contribution in [1.82, 2.24) is 0 Å². The first-order chi connectivity index (χ1) is 7.22. The minimum atomic E-state index is 0.0122. The van der Waals surface area contributed by atoms with Gasteiger partial charge in [-0.15, -0.1) is 0 Å². The summed E-state index contributed by atoms with van der Waals surface area (Å²) in [6, 6.07) is 7.75. The van der Waals surface area contributed by atoms with Gasteiger partial charge in [-0.05, 0) is 25.0 Å². The number of aliphatic hydroxyl groups is 1. The zero-order chi connectivity index (χ0) is 11.3. The minimum Gasteiger partial charge on any atom is -0.394 e. The van der Waals surface area contributed by atoms with Crippen molar-refractivity contribution >= 4 is 5.69 Å². The highest BCUT2D eigenvalue weighted by Gasteiger charge is 2.09. The highest BCUT2D eigenvalue weighted by molar-refractivity contribution is 5.62. The first kappa shape index (κ1) is 11.5. The van der Waals surface area contributed by atoms with Gasteiger partial charge in [0, 0.05) is 6.04 Å². The van der Waals surface area contributed by atoms with Gasteiger partial charge in [-0.25, -0.2) is 0 Å². The van der Waals surface area contributed by atoms with Crippen LogP contribution in [0, 0.1) is 18.3 Å². The van der Waals surface area contributed by atoms with E-state index in [1.54, 1.807) is 6.07 Å². The van der Waals surface area contributed by atoms with E-state index in [0.29, 0.717) is 5.56 Å². The van der Waals surface area contributed by atoms with Gasteiger partial charge in [0.25, 0.3) is 0 Å². The number of nitriles is 1. The Hall–Kier alpha value is -1.53. The normalized spacial score (nSPS) is 11.9. The smallest absolute Gasteiger partial charge is 0.101 e. The van der Waals surface area contributed by atoms with Crippen LogP contribution in [-0.2, 0) is 0 Å². The lowest BCUT2D eigenvalue weighted by atomic mass is 10.1. The molecule has 0 aliphatic heterocycles. The number of nitrogens with zero attached hydrogens (tertiary/aromatic N) is 1. The Morgan fingerprint density at radius 3 is 2.80 bits per heavy atom. The van der Waals surface area contributed by atoms with Gasteiger partial charge in [0.2, 0.25) is 0 Å². The number of hydrogen-bond acceptors (Lipinski definition) is 3. The van der Waals surface area contributed by atoms with Crippen LogP contribution in [0.5, 0.6) is 0 Å². The van der Waals surface area contributed by atoms with Crippen LogP contribution in [0.3, 0.4) is 0 Å². The number of para-hydroxylation sites is 1. The zero-order valence-corrected chi connectivity index (χ0v) is 9.12. The summed E-state index contributed by atoms with van der Waals surface area (Å²) in [5, 5.41) is 21.2. The predicted octanol–water partition coefficient (Wildman–Crippen LogP) is 2.05. The van der Waals surface area contributed by atoms with Gasteiger partial charge >= 0.3 is 0 Å². The van der Waals surface area contributed by atoms with Crippen LogP contribution in [0.25, 0.3) is 0 Å². The number of anilines is 1. The largest absolute Gasteiger partial charge is 0.394 e. The molecule has 2 N–H and O–H groups in total. The molecule has 1 atom stereocenters. The topological polar surface area (TPSA) is 56.0 Å². The molecule has 0 saturated heterocycles. The molecule has 1 aromatic rings. The molecule has 3 nitrogen and oxygen atoms in total. The van der Waals surface area contributed by atoms with E-state index in [2.05, 4.69) is 11.4 Å². The monoisotopic (exact) mass is 204 g/mol. The van der Waals surface area contributed by atoms with Crippen molar-refractivity contribution in [3.63, 3.8) is 0 Å². The molecule has 0 amide bonds. The van der Waals surface area contributed by atoms with E-state index in [4.69, 9.17) is 10.4 Å². The number of nitrogens with one attached hydrogen (secondary N) is 1. The SMILES string of the molecule is CCC(CO)Nc1c(C)cccc1C#N. The van der Waals surface area contributed by atoms with Crippen LogP contribution in [-0.4, -0.2) is 17.8 Å². The first-order valence-corrected chi connectivity index (χ1v) is 5.10. The molecule has 1 unspecified atom stereocenters. The van der Waals surface area contributed by atoms with Crippen molar-refractivity contribution in [3.05, 3.63) is 29.3 Å². The molecule has 0 aliphatic carbocycles. The third-order valence-corrected chi connectivity index (χ3v) is 2.45. The Bertz CT molecular complexity index is 364. The Balaban J connectivity index is 2.97. The average Bonchev–Trinajstić information content (AvgIpc) is 2.27. The fraction of sp³-hybridized carbons (Fsp3) is 0.417. The fourth-order valence-electron chi connectivity index (χ4n) is 1.43. The van der Waals surface area contributed by atoms with Crippen molar-refractivity contribution in [2.45, 2.75) is 26.3 Å². The van der Waals surface area contributed by atoms with Gasteiger partial charge in [-0.1, -0.05) is 19.1 Å². The molecule has 0 radical (unpaired) electrons. The van der Waals surface area contributed by atoms with Gasteiger partial charge < -0.3 is 10.4 Å². The second-order valence-electron chi connectivity index (χ2n) is 3.54. The molecule has 15 heavy (non-hydrogen) atoms. The fourth-order valence-corrected chi connectivity index (χ4v) is 1.43. The molecule has 80 valence electrons. The standard InChI is InChI=1S/C12H16N2O/c1-3-11(8-15)14-12-9(2)5-4-6-10(12)7-13/h4-6,11,14-15H,3,8H2,1-2H3. The van der Waals surface area contributed by atoms with Crippen molar-refractivity contribution in [3.8, 4) is 6.07 Å². The molecular formula is C12H16N2O. The Morgan fingerprint density at radius 1 is 1.53 bits per heavy atom. The number of rotatable bonds is 4. The van der Waals surface area contributed by atoms with Gasteiger partial charge in [0.15, 0.2) is 0 Å². The average molecular weight is 204 g/mol. The molecule has 0 saturated carbocycles. The summed E-state index contributed by atoms with van der Waals surface area (Å²) in [6.07, 6.45) is 0.829. The van der Waals surface area contributed by atoms with E-state index >= 15 is 0 Å². The summed E-state index contributed by atoms with van der Waals surface area (Å²) in [7, 11) is 0. The van der Waals surface area contributed by atoms with Crippen molar-refractivity contribution in [2.24, 2.45) is 0 Å². The third kappa shape index (κ3) is 2.71. The lowest BCUT2D eigenvalue weighted by molar-refractivity contribution is 0.272. The molecule has 0 heterocycles. The second-order valence-corrected chi connectivity index (χ2v) is 3.54. The number of benzene rings is 1. The van der Waals surface area contributed by atoms with Crippen LogP contribution >= 0.6 is 0 Å². The number of aryl methyl sites for hydroxylation is 1. The summed E-state index contributed by atoms with van der Waals surface area (Å²) >= 11 is 0.